The molecule has 86 valence electrons. The summed E-state index contributed by atoms with van der Waals surface area (Å²) in [4.78, 5) is 11.7. The fourth-order valence-corrected chi connectivity index (χ4v) is 2.31. The van der Waals surface area contributed by atoms with Crippen LogP contribution in [-0.4, -0.2) is 38.3 Å². The number of carbonyl (C=O) groups is 1. The third kappa shape index (κ3) is 3.18. The van der Waals surface area contributed by atoms with Gasteiger partial charge in [0.15, 0.2) is 0 Å². The summed E-state index contributed by atoms with van der Waals surface area (Å²) >= 11 is 0. The zero-order valence-electron chi connectivity index (χ0n) is 9.13. The highest BCUT2D eigenvalue weighted by Gasteiger charge is 2.23. The van der Waals surface area contributed by atoms with E-state index in [2.05, 4.69) is 10.6 Å². The van der Waals surface area contributed by atoms with Crippen LogP contribution in [0, 0.1) is 5.92 Å². The van der Waals surface area contributed by atoms with Crippen LogP contribution in [0.5, 0.6) is 0 Å². The Morgan fingerprint density at radius 3 is 2.87 bits per heavy atom. The fraction of sp³-hybridized carbons (Fsp3) is 0.909. The van der Waals surface area contributed by atoms with E-state index in [0.717, 1.165) is 13.1 Å². The first-order chi connectivity index (χ1) is 7.36. The van der Waals surface area contributed by atoms with Crippen molar-refractivity contribution in [2.24, 2.45) is 5.92 Å². The van der Waals surface area contributed by atoms with Crippen molar-refractivity contribution >= 4 is 5.91 Å². The van der Waals surface area contributed by atoms with Crippen LogP contribution in [0.3, 0.4) is 0 Å². The number of morpholine rings is 1. The number of ether oxygens (including phenoxy) is 1. The van der Waals surface area contributed by atoms with Gasteiger partial charge in [-0.25, -0.2) is 0 Å². The van der Waals surface area contributed by atoms with Gasteiger partial charge in [-0.3, -0.25) is 4.79 Å². The zero-order chi connectivity index (χ0) is 10.5. The first-order valence-electron chi connectivity index (χ1n) is 5.96. The average Bonchev–Trinajstić information content (AvgIpc) is 2.80. The minimum Gasteiger partial charge on any atom is -0.366 e. The van der Waals surface area contributed by atoms with Gasteiger partial charge in [0, 0.05) is 19.6 Å². The molecule has 0 aromatic heterocycles. The highest BCUT2D eigenvalue weighted by atomic mass is 16.5. The largest absolute Gasteiger partial charge is 0.366 e. The lowest BCUT2D eigenvalue weighted by Gasteiger charge is -2.23. The number of rotatable bonds is 3. The van der Waals surface area contributed by atoms with E-state index in [1.807, 2.05) is 0 Å². The standard InChI is InChI=1S/C11H20N2O2/c14-11(10-8-12-5-6-15-10)13-7-9-3-1-2-4-9/h9-10,12H,1-8H2,(H,13,14)/t10-/m0/s1. The van der Waals surface area contributed by atoms with E-state index in [-0.39, 0.29) is 12.0 Å². The summed E-state index contributed by atoms with van der Waals surface area (Å²) in [6, 6.07) is 0. The summed E-state index contributed by atoms with van der Waals surface area (Å²) in [6.07, 6.45) is 4.90. The molecule has 1 atom stereocenters. The molecule has 0 spiro atoms. The van der Waals surface area contributed by atoms with Gasteiger partial charge in [0.05, 0.1) is 6.61 Å². The van der Waals surface area contributed by atoms with E-state index in [1.54, 1.807) is 0 Å². The normalized spacial score (nSPS) is 27.9. The van der Waals surface area contributed by atoms with E-state index in [1.165, 1.54) is 25.7 Å². The molecule has 1 aliphatic carbocycles. The van der Waals surface area contributed by atoms with E-state index in [4.69, 9.17) is 4.74 Å². The van der Waals surface area contributed by atoms with Crippen molar-refractivity contribution in [3.05, 3.63) is 0 Å². The Morgan fingerprint density at radius 1 is 1.40 bits per heavy atom. The first kappa shape index (κ1) is 10.9. The lowest BCUT2D eigenvalue weighted by atomic mass is 10.1. The van der Waals surface area contributed by atoms with Crippen LogP contribution in [0.15, 0.2) is 0 Å². The molecule has 2 rings (SSSR count). The number of hydrogen-bond donors (Lipinski definition) is 2. The summed E-state index contributed by atoms with van der Waals surface area (Å²) in [5, 5.41) is 6.15. The maximum absolute atomic E-state index is 11.7. The number of amides is 1. The fourth-order valence-electron chi connectivity index (χ4n) is 2.31. The highest BCUT2D eigenvalue weighted by Crippen LogP contribution is 2.23. The Kier molecular flexibility index (Phi) is 3.97. The second-order valence-corrected chi connectivity index (χ2v) is 4.46. The van der Waals surface area contributed by atoms with Gasteiger partial charge >= 0.3 is 0 Å². The Hall–Kier alpha value is -0.610. The summed E-state index contributed by atoms with van der Waals surface area (Å²) in [5.74, 6) is 0.750. The molecule has 2 N–H and O–H groups in total. The summed E-state index contributed by atoms with van der Waals surface area (Å²) in [6.45, 7) is 2.98. The summed E-state index contributed by atoms with van der Waals surface area (Å²) < 4.78 is 5.38. The second-order valence-electron chi connectivity index (χ2n) is 4.46. The van der Waals surface area contributed by atoms with E-state index in [0.29, 0.717) is 19.1 Å². The molecular weight excluding hydrogens is 192 g/mol. The molecule has 1 saturated carbocycles. The number of hydrogen-bond acceptors (Lipinski definition) is 3. The molecule has 0 aromatic rings. The molecule has 0 radical (unpaired) electrons. The number of nitrogens with one attached hydrogen (secondary N) is 2. The maximum atomic E-state index is 11.7. The van der Waals surface area contributed by atoms with Crippen molar-refractivity contribution in [1.29, 1.82) is 0 Å². The van der Waals surface area contributed by atoms with Crippen LogP contribution in [-0.2, 0) is 9.53 Å². The van der Waals surface area contributed by atoms with Crippen molar-refractivity contribution in [3.63, 3.8) is 0 Å². The van der Waals surface area contributed by atoms with Gasteiger partial charge in [-0.1, -0.05) is 12.8 Å². The van der Waals surface area contributed by atoms with Gasteiger partial charge in [0.25, 0.3) is 0 Å². The van der Waals surface area contributed by atoms with Gasteiger partial charge in [0.2, 0.25) is 5.91 Å². The molecule has 15 heavy (non-hydrogen) atoms. The summed E-state index contributed by atoms with van der Waals surface area (Å²) in [5.41, 5.74) is 0. The van der Waals surface area contributed by atoms with E-state index < -0.39 is 0 Å². The molecule has 1 saturated heterocycles. The molecule has 2 aliphatic rings. The van der Waals surface area contributed by atoms with Crippen LogP contribution in [0.25, 0.3) is 0 Å². The molecule has 0 unspecified atom stereocenters. The Morgan fingerprint density at radius 2 is 2.20 bits per heavy atom. The van der Waals surface area contributed by atoms with Crippen molar-refractivity contribution in [2.45, 2.75) is 31.8 Å². The molecule has 1 aliphatic heterocycles. The smallest absolute Gasteiger partial charge is 0.250 e. The predicted octanol–water partition coefficient (Wildman–Crippen LogP) is 0.281. The molecule has 1 heterocycles. The van der Waals surface area contributed by atoms with Crippen molar-refractivity contribution < 1.29 is 9.53 Å². The monoisotopic (exact) mass is 212 g/mol. The molecule has 1 amide bonds. The maximum Gasteiger partial charge on any atom is 0.250 e. The van der Waals surface area contributed by atoms with E-state index in [9.17, 15) is 4.79 Å². The van der Waals surface area contributed by atoms with Crippen molar-refractivity contribution in [2.75, 3.05) is 26.2 Å². The lowest BCUT2D eigenvalue weighted by Crippen LogP contribution is -2.48. The van der Waals surface area contributed by atoms with Gasteiger partial charge in [-0.05, 0) is 18.8 Å². The summed E-state index contributed by atoms with van der Waals surface area (Å²) in [7, 11) is 0. The Balaban J connectivity index is 1.66. The topological polar surface area (TPSA) is 50.4 Å². The second kappa shape index (κ2) is 5.47. The minimum atomic E-state index is -0.278. The lowest BCUT2D eigenvalue weighted by molar-refractivity contribution is -0.134. The number of carbonyl (C=O) groups excluding carboxylic acids is 1. The van der Waals surface area contributed by atoms with Crippen LogP contribution in [0.2, 0.25) is 0 Å². The molecule has 4 heteroatoms. The predicted molar refractivity (Wildman–Crippen MR) is 57.6 cm³/mol. The quantitative estimate of drug-likeness (QED) is 0.706. The molecular formula is C11H20N2O2. The van der Waals surface area contributed by atoms with Crippen LogP contribution in [0.4, 0.5) is 0 Å². The van der Waals surface area contributed by atoms with Crippen LogP contribution in [0.1, 0.15) is 25.7 Å². The highest BCUT2D eigenvalue weighted by molar-refractivity contribution is 5.81. The molecule has 4 nitrogen and oxygen atoms in total. The zero-order valence-corrected chi connectivity index (χ0v) is 9.13. The van der Waals surface area contributed by atoms with Crippen molar-refractivity contribution in [1.82, 2.24) is 10.6 Å². The third-order valence-corrected chi connectivity index (χ3v) is 3.26. The first-order valence-corrected chi connectivity index (χ1v) is 5.96. The molecule has 2 fully saturated rings. The SMILES string of the molecule is O=C(NCC1CCCC1)[C@@H]1CNCCO1. The van der Waals surface area contributed by atoms with Crippen LogP contribution >= 0.6 is 0 Å². The molecule has 0 aromatic carbocycles. The van der Waals surface area contributed by atoms with Crippen molar-refractivity contribution in [3.8, 4) is 0 Å². The Labute approximate surface area is 90.8 Å². The van der Waals surface area contributed by atoms with Gasteiger partial charge < -0.3 is 15.4 Å². The third-order valence-electron chi connectivity index (χ3n) is 3.26. The van der Waals surface area contributed by atoms with Crippen LogP contribution < -0.4 is 10.6 Å². The van der Waals surface area contributed by atoms with Gasteiger partial charge in [0.1, 0.15) is 6.10 Å². The van der Waals surface area contributed by atoms with Gasteiger partial charge in [-0.15, -0.1) is 0 Å². The average molecular weight is 212 g/mol. The minimum absolute atomic E-state index is 0.0501. The van der Waals surface area contributed by atoms with E-state index >= 15 is 0 Å². The van der Waals surface area contributed by atoms with Gasteiger partial charge in [-0.2, -0.15) is 0 Å². The molecule has 0 bridgehead atoms. The Bertz CT molecular complexity index is 209.